The van der Waals surface area contributed by atoms with Crippen LogP contribution in [-0.2, 0) is 21.3 Å². The predicted octanol–water partition coefficient (Wildman–Crippen LogP) is 3.89. The molecular formula is C16H15Cl2NO3S. The lowest BCUT2D eigenvalue weighted by atomic mass is 10.2. The van der Waals surface area contributed by atoms with Gasteiger partial charge in [0.2, 0.25) is 0 Å². The topological polar surface area (TPSA) is 55.4 Å². The van der Waals surface area contributed by atoms with Gasteiger partial charge in [0, 0.05) is 33.8 Å². The quantitative estimate of drug-likeness (QED) is 0.837. The molecule has 1 N–H and O–H groups in total. The molecule has 1 unspecified atom stereocenters. The maximum atomic E-state index is 12.0. The Balaban J connectivity index is 2.00. The van der Waals surface area contributed by atoms with Crippen molar-refractivity contribution in [3.63, 3.8) is 0 Å². The molecule has 4 nitrogen and oxygen atoms in total. The average molecular weight is 372 g/mol. The highest BCUT2D eigenvalue weighted by Crippen LogP contribution is 2.27. The Kier molecular flexibility index (Phi) is 6.45. The number of carbonyl (C=O) groups is 1. The number of hydrogen-bond acceptors (Lipinski definition) is 3. The van der Waals surface area contributed by atoms with Gasteiger partial charge in [0.05, 0.1) is 10.8 Å². The van der Waals surface area contributed by atoms with E-state index >= 15 is 0 Å². The Labute approximate surface area is 147 Å². The molecule has 0 aromatic heterocycles. The standard InChI is InChI=1S/C16H15Cl2NO3S/c1-23(21)10-11-4-2-3-5-14(11)19-16(20)9-22-15-8-12(17)6-7-13(15)18/h2-8H,9-10H2,1H3,(H,19,20). The Morgan fingerprint density at radius 3 is 2.70 bits per heavy atom. The second kappa shape index (κ2) is 8.34. The summed E-state index contributed by atoms with van der Waals surface area (Å²) in [4.78, 5) is 12.0. The summed E-state index contributed by atoms with van der Waals surface area (Å²) in [7, 11) is -0.995. The van der Waals surface area contributed by atoms with Gasteiger partial charge in [-0.05, 0) is 23.8 Å². The van der Waals surface area contributed by atoms with Crippen LogP contribution in [0.2, 0.25) is 10.0 Å². The maximum Gasteiger partial charge on any atom is 0.262 e. The van der Waals surface area contributed by atoms with Crippen molar-refractivity contribution < 1.29 is 13.7 Å². The summed E-state index contributed by atoms with van der Waals surface area (Å²) < 4.78 is 16.8. The van der Waals surface area contributed by atoms with Crippen molar-refractivity contribution in [2.24, 2.45) is 0 Å². The molecule has 0 aliphatic carbocycles. The molecule has 0 fully saturated rings. The van der Waals surface area contributed by atoms with Gasteiger partial charge in [0.25, 0.3) is 5.91 Å². The molecule has 0 aliphatic heterocycles. The molecule has 0 saturated carbocycles. The van der Waals surface area contributed by atoms with E-state index in [1.54, 1.807) is 36.6 Å². The van der Waals surface area contributed by atoms with Crippen molar-refractivity contribution in [3.05, 3.63) is 58.1 Å². The normalized spacial score (nSPS) is 11.8. The van der Waals surface area contributed by atoms with Crippen LogP contribution in [0.1, 0.15) is 5.56 Å². The Morgan fingerprint density at radius 2 is 1.96 bits per heavy atom. The first kappa shape index (κ1) is 17.8. The van der Waals surface area contributed by atoms with Crippen LogP contribution in [0.5, 0.6) is 5.75 Å². The smallest absolute Gasteiger partial charge is 0.262 e. The second-order valence-electron chi connectivity index (χ2n) is 4.79. The number of benzene rings is 2. The zero-order chi connectivity index (χ0) is 16.8. The van der Waals surface area contributed by atoms with Crippen LogP contribution in [0.25, 0.3) is 0 Å². The van der Waals surface area contributed by atoms with Gasteiger partial charge in [-0.2, -0.15) is 0 Å². The summed E-state index contributed by atoms with van der Waals surface area (Å²) in [5, 5.41) is 3.60. The number of rotatable bonds is 6. The number of para-hydroxylation sites is 1. The third kappa shape index (κ3) is 5.53. The van der Waals surface area contributed by atoms with Crippen LogP contribution in [0.4, 0.5) is 5.69 Å². The third-order valence-corrected chi connectivity index (χ3v) is 4.17. The fourth-order valence-corrected chi connectivity index (χ4v) is 2.93. The van der Waals surface area contributed by atoms with E-state index in [0.717, 1.165) is 5.56 Å². The predicted molar refractivity (Wildman–Crippen MR) is 94.8 cm³/mol. The van der Waals surface area contributed by atoms with E-state index in [2.05, 4.69) is 5.32 Å². The zero-order valence-corrected chi connectivity index (χ0v) is 14.7. The van der Waals surface area contributed by atoms with Crippen molar-refractivity contribution in [2.75, 3.05) is 18.2 Å². The van der Waals surface area contributed by atoms with Gasteiger partial charge in [-0.3, -0.25) is 9.00 Å². The van der Waals surface area contributed by atoms with Crippen molar-refractivity contribution >= 4 is 45.6 Å². The van der Waals surface area contributed by atoms with Crippen LogP contribution in [-0.4, -0.2) is 23.0 Å². The number of anilines is 1. The number of halogens is 2. The maximum absolute atomic E-state index is 12.0. The molecule has 0 bridgehead atoms. The van der Waals surface area contributed by atoms with Crippen molar-refractivity contribution in [1.82, 2.24) is 0 Å². The van der Waals surface area contributed by atoms with Gasteiger partial charge in [-0.25, -0.2) is 0 Å². The molecule has 0 aliphatic rings. The highest BCUT2D eigenvalue weighted by Gasteiger charge is 2.10. The minimum atomic E-state index is -0.995. The molecule has 0 spiro atoms. The number of hydrogen-bond donors (Lipinski definition) is 1. The molecular weight excluding hydrogens is 357 g/mol. The number of ether oxygens (including phenoxy) is 1. The molecule has 23 heavy (non-hydrogen) atoms. The lowest BCUT2D eigenvalue weighted by Gasteiger charge is -2.11. The number of carbonyl (C=O) groups excluding carboxylic acids is 1. The molecule has 7 heteroatoms. The largest absolute Gasteiger partial charge is 0.482 e. The number of amides is 1. The van der Waals surface area contributed by atoms with E-state index in [1.807, 2.05) is 12.1 Å². The van der Waals surface area contributed by atoms with Gasteiger partial charge >= 0.3 is 0 Å². The Bertz CT molecular complexity index is 737. The summed E-state index contributed by atoms with van der Waals surface area (Å²) in [6.45, 7) is -0.205. The summed E-state index contributed by atoms with van der Waals surface area (Å²) in [5.41, 5.74) is 1.43. The molecule has 2 aromatic rings. The fourth-order valence-electron chi connectivity index (χ4n) is 1.90. The minimum absolute atomic E-state index is 0.205. The fraction of sp³-hybridized carbons (Fsp3) is 0.188. The van der Waals surface area contributed by atoms with Crippen LogP contribution < -0.4 is 10.1 Å². The van der Waals surface area contributed by atoms with Gasteiger partial charge in [-0.15, -0.1) is 0 Å². The lowest BCUT2D eigenvalue weighted by Crippen LogP contribution is -2.21. The van der Waals surface area contributed by atoms with Crippen molar-refractivity contribution in [3.8, 4) is 5.75 Å². The van der Waals surface area contributed by atoms with Crippen LogP contribution in [0.15, 0.2) is 42.5 Å². The summed E-state index contributed by atoms with van der Waals surface area (Å²) >= 11 is 11.8. The Morgan fingerprint density at radius 1 is 1.22 bits per heavy atom. The minimum Gasteiger partial charge on any atom is -0.482 e. The monoisotopic (exact) mass is 371 g/mol. The van der Waals surface area contributed by atoms with E-state index in [1.165, 1.54) is 0 Å². The SMILES string of the molecule is CS(=O)Cc1ccccc1NC(=O)COc1cc(Cl)ccc1Cl. The molecule has 2 rings (SSSR count). The Hall–Kier alpha value is -1.56. The summed E-state index contributed by atoms with van der Waals surface area (Å²) in [5.74, 6) is 0.380. The summed E-state index contributed by atoms with van der Waals surface area (Å²) in [6, 6.07) is 12.0. The van der Waals surface area contributed by atoms with E-state index in [0.29, 0.717) is 27.2 Å². The first-order valence-electron chi connectivity index (χ1n) is 6.71. The van der Waals surface area contributed by atoms with Crippen LogP contribution in [0, 0.1) is 0 Å². The van der Waals surface area contributed by atoms with E-state index in [-0.39, 0.29) is 12.5 Å². The van der Waals surface area contributed by atoms with Crippen LogP contribution >= 0.6 is 23.2 Å². The van der Waals surface area contributed by atoms with Gasteiger partial charge in [0.15, 0.2) is 6.61 Å². The van der Waals surface area contributed by atoms with E-state index < -0.39 is 10.8 Å². The first-order valence-corrected chi connectivity index (χ1v) is 9.19. The molecule has 0 radical (unpaired) electrons. The highest BCUT2D eigenvalue weighted by molar-refractivity contribution is 7.83. The van der Waals surface area contributed by atoms with Gasteiger partial charge < -0.3 is 10.1 Å². The van der Waals surface area contributed by atoms with Gasteiger partial charge in [-0.1, -0.05) is 41.4 Å². The second-order valence-corrected chi connectivity index (χ2v) is 7.06. The molecule has 1 atom stereocenters. The van der Waals surface area contributed by atoms with Crippen LogP contribution in [0.3, 0.4) is 0 Å². The average Bonchev–Trinajstić information content (AvgIpc) is 2.50. The molecule has 0 saturated heterocycles. The first-order chi connectivity index (χ1) is 11.0. The van der Waals surface area contributed by atoms with E-state index in [9.17, 15) is 9.00 Å². The molecule has 0 heterocycles. The molecule has 1 amide bonds. The van der Waals surface area contributed by atoms with Gasteiger partial charge in [0.1, 0.15) is 5.75 Å². The lowest BCUT2D eigenvalue weighted by molar-refractivity contribution is -0.118. The van der Waals surface area contributed by atoms with Crippen molar-refractivity contribution in [2.45, 2.75) is 5.75 Å². The molecule has 2 aromatic carbocycles. The highest BCUT2D eigenvalue weighted by atomic mass is 35.5. The zero-order valence-electron chi connectivity index (χ0n) is 12.3. The van der Waals surface area contributed by atoms with E-state index in [4.69, 9.17) is 27.9 Å². The third-order valence-electron chi connectivity index (χ3n) is 2.90. The molecule has 122 valence electrons. The van der Waals surface area contributed by atoms with Crippen molar-refractivity contribution in [1.29, 1.82) is 0 Å². The number of nitrogens with one attached hydrogen (secondary N) is 1. The summed E-state index contributed by atoms with van der Waals surface area (Å²) in [6.07, 6.45) is 1.61.